The molecule has 1 aromatic heterocycles. The van der Waals surface area contributed by atoms with Crippen LogP contribution < -0.4 is 9.80 Å². The second-order valence-corrected chi connectivity index (χ2v) is 6.53. The van der Waals surface area contributed by atoms with Gasteiger partial charge >= 0.3 is 0 Å². The zero-order valence-electron chi connectivity index (χ0n) is 14.5. The van der Waals surface area contributed by atoms with Crippen molar-refractivity contribution in [2.75, 3.05) is 36.0 Å². The summed E-state index contributed by atoms with van der Waals surface area (Å²) in [5.74, 6) is 0.528. The molecule has 1 aliphatic heterocycles. The number of para-hydroxylation sites is 1. The molecule has 25 heavy (non-hydrogen) atoms. The maximum absolute atomic E-state index is 14.0. The Labute approximate surface area is 146 Å². The highest BCUT2D eigenvalue weighted by Gasteiger charge is 2.21. The minimum Gasteiger partial charge on any atom is -0.368 e. The van der Waals surface area contributed by atoms with E-state index in [-0.39, 0.29) is 5.82 Å². The van der Waals surface area contributed by atoms with Crippen LogP contribution in [0.1, 0.15) is 11.1 Å². The third-order valence-corrected chi connectivity index (χ3v) is 5.09. The summed E-state index contributed by atoms with van der Waals surface area (Å²) in [6.45, 7) is 7.89. The van der Waals surface area contributed by atoms with Crippen LogP contribution in [0.25, 0.3) is 10.9 Å². The molecule has 0 atom stereocenters. The summed E-state index contributed by atoms with van der Waals surface area (Å²) in [6.07, 6.45) is 1.46. The van der Waals surface area contributed by atoms with Crippen LogP contribution in [-0.4, -0.2) is 36.1 Å². The molecular weight excluding hydrogens is 315 g/mol. The van der Waals surface area contributed by atoms with Crippen LogP contribution in [0.15, 0.2) is 42.7 Å². The molecule has 5 heteroatoms. The summed E-state index contributed by atoms with van der Waals surface area (Å²) in [7, 11) is 0. The van der Waals surface area contributed by atoms with Crippen molar-refractivity contribution in [3.05, 3.63) is 59.7 Å². The van der Waals surface area contributed by atoms with E-state index in [1.807, 2.05) is 6.07 Å². The Morgan fingerprint density at radius 3 is 2.40 bits per heavy atom. The van der Waals surface area contributed by atoms with E-state index in [0.717, 1.165) is 37.4 Å². The monoisotopic (exact) mass is 336 g/mol. The normalized spacial score (nSPS) is 15.0. The molecule has 0 spiro atoms. The summed E-state index contributed by atoms with van der Waals surface area (Å²) in [6, 6.07) is 11.5. The van der Waals surface area contributed by atoms with Gasteiger partial charge in [-0.3, -0.25) is 0 Å². The number of aromatic nitrogens is 2. The Balaban J connectivity index is 1.59. The zero-order valence-corrected chi connectivity index (χ0v) is 14.5. The van der Waals surface area contributed by atoms with Gasteiger partial charge in [0, 0.05) is 37.3 Å². The van der Waals surface area contributed by atoms with Crippen LogP contribution in [0.2, 0.25) is 0 Å². The highest BCUT2D eigenvalue weighted by molar-refractivity contribution is 5.89. The lowest BCUT2D eigenvalue weighted by Crippen LogP contribution is -2.47. The molecule has 4 rings (SSSR count). The minimum atomic E-state index is -0.296. The molecule has 1 saturated heterocycles. The highest BCUT2D eigenvalue weighted by atomic mass is 19.1. The number of rotatable bonds is 2. The second-order valence-electron chi connectivity index (χ2n) is 6.53. The fraction of sp³-hybridized carbons (Fsp3) is 0.300. The number of fused-ring (bicyclic) bond motifs is 1. The van der Waals surface area contributed by atoms with Crippen molar-refractivity contribution in [3.8, 4) is 0 Å². The fourth-order valence-electron chi connectivity index (χ4n) is 3.53. The Bertz CT molecular complexity index is 917. The summed E-state index contributed by atoms with van der Waals surface area (Å²) < 4.78 is 14.0. The van der Waals surface area contributed by atoms with E-state index < -0.39 is 0 Å². The molecule has 0 bridgehead atoms. The molecule has 2 aromatic carbocycles. The van der Waals surface area contributed by atoms with Gasteiger partial charge in [-0.05, 0) is 43.2 Å². The van der Waals surface area contributed by atoms with Gasteiger partial charge in [-0.25, -0.2) is 14.4 Å². The maximum atomic E-state index is 14.0. The first kappa shape index (κ1) is 15.8. The highest BCUT2D eigenvalue weighted by Crippen LogP contribution is 2.28. The predicted molar refractivity (Wildman–Crippen MR) is 99.8 cm³/mol. The van der Waals surface area contributed by atoms with E-state index in [2.05, 4.69) is 51.8 Å². The standard InChI is InChI=1S/C20H21FN4/c1-14-5-3-8-18(15(14)2)24-9-11-25(12-10-24)20-16-6-4-7-17(21)19(16)22-13-23-20/h3-8,13H,9-12H2,1-2H3. The molecule has 0 N–H and O–H groups in total. The van der Waals surface area contributed by atoms with E-state index in [1.54, 1.807) is 6.07 Å². The molecule has 0 aliphatic carbocycles. The number of halogens is 1. The molecule has 1 fully saturated rings. The van der Waals surface area contributed by atoms with Gasteiger partial charge in [0.15, 0.2) is 0 Å². The minimum absolute atomic E-state index is 0.296. The number of aryl methyl sites for hydroxylation is 1. The van der Waals surface area contributed by atoms with Crippen molar-refractivity contribution < 1.29 is 4.39 Å². The summed E-state index contributed by atoms with van der Waals surface area (Å²) in [5, 5.41) is 0.780. The van der Waals surface area contributed by atoms with E-state index in [0.29, 0.717) is 5.52 Å². The van der Waals surface area contributed by atoms with Gasteiger partial charge in [0.2, 0.25) is 0 Å². The van der Waals surface area contributed by atoms with Gasteiger partial charge in [-0.2, -0.15) is 0 Å². The Hall–Kier alpha value is -2.69. The SMILES string of the molecule is Cc1cccc(N2CCN(c3ncnc4c(F)cccc34)CC2)c1C. The predicted octanol–water partition coefficient (Wildman–Crippen LogP) is 3.71. The van der Waals surface area contributed by atoms with E-state index in [1.165, 1.54) is 29.2 Å². The third kappa shape index (κ3) is 2.80. The first-order valence-electron chi connectivity index (χ1n) is 8.60. The van der Waals surface area contributed by atoms with Gasteiger partial charge in [0.25, 0.3) is 0 Å². The average Bonchev–Trinajstić information content (AvgIpc) is 2.64. The van der Waals surface area contributed by atoms with Crippen LogP contribution in [0.5, 0.6) is 0 Å². The smallest absolute Gasteiger partial charge is 0.149 e. The number of benzene rings is 2. The number of hydrogen-bond donors (Lipinski definition) is 0. The first-order valence-corrected chi connectivity index (χ1v) is 8.60. The Kier molecular flexibility index (Phi) is 3.99. The molecule has 3 aromatic rings. The van der Waals surface area contributed by atoms with Crippen molar-refractivity contribution in [2.45, 2.75) is 13.8 Å². The topological polar surface area (TPSA) is 32.3 Å². The zero-order chi connectivity index (χ0) is 17.4. The van der Waals surface area contributed by atoms with E-state index in [4.69, 9.17) is 0 Å². The fourth-order valence-corrected chi connectivity index (χ4v) is 3.53. The number of anilines is 2. The lowest BCUT2D eigenvalue weighted by Gasteiger charge is -2.37. The van der Waals surface area contributed by atoms with Gasteiger partial charge in [0.1, 0.15) is 23.5 Å². The van der Waals surface area contributed by atoms with Crippen LogP contribution in [0, 0.1) is 19.7 Å². The lowest BCUT2D eigenvalue weighted by molar-refractivity contribution is 0.634. The molecular formula is C20H21FN4. The van der Waals surface area contributed by atoms with Gasteiger partial charge < -0.3 is 9.80 Å². The molecule has 0 radical (unpaired) electrons. The Morgan fingerprint density at radius 1 is 0.880 bits per heavy atom. The largest absolute Gasteiger partial charge is 0.368 e. The van der Waals surface area contributed by atoms with Crippen LogP contribution in [-0.2, 0) is 0 Å². The molecule has 0 unspecified atom stereocenters. The van der Waals surface area contributed by atoms with Crippen LogP contribution in [0.4, 0.5) is 15.9 Å². The lowest BCUT2D eigenvalue weighted by atomic mass is 10.1. The summed E-state index contributed by atoms with van der Waals surface area (Å²) in [4.78, 5) is 13.2. The summed E-state index contributed by atoms with van der Waals surface area (Å²) >= 11 is 0. The van der Waals surface area contributed by atoms with Gasteiger partial charge in [-0.1, -0.05) is 18.2 Å². The molecule has 1 aliphatic rings. The van der Waals surface area contributed by atoms with Crippen LogP contribution in [0.3, 0.4) is 0 Å². The van der Waals surface area contributed by atoms with Gasteiger partial charge in [0.05, 0.1) is 0 Å². The first-order chi connectivity index (χ1) is 12.1. The number of piperazine rings is 1. The molecule has 0 saturated carbocycles. The molecule has 128 valence electrons. The van der Waals surface area contributed by atoms with Crippen molar-refractivity contribution in [1.29, 1.82) is 0 Å². The quantitative estimate of drug-likeness (QED) is 0.714. The van der Waals surface area contributed by atoms with Crippen molar-refractivity contribution in [3.63, 3.8) is 0 Å². The van der Waals surface area contributed by atoms with Crippen LogP contribution >= 0.6 is 0 Å². The molecule has 2 heterocycles. The van der Waals surface area contributed by atoms with Crippen molar-refractivity contribution in [2.24, 2.45) is 0 Å². The maximum Gasteiger partial charge on any atom is 0.149 e. The van der Waals surface area contributed by atoms with Crippen molar-refractivity contribution >= 4 is 22.4 Å². The number of nitrogens with zero attached hydrogens (tertiary/aromatic N) is 4. The summed E-state index contributed by atoms with van der Waals surface area (Å²) in [5.41, 5.74) is 4.35. The molecule has 4 nitrogen and oxygen atoms in total. The third-order valence-electron chi connectivity index (χ3n) is 5.09. The van der Waals surface area contributed by atoms with Gasteiger partial charge in [-0.15, -0.1) is 0 Å². The van der Waals surface area contributed by atoms with Crippen molar-refractivity contribution in [1.82, 2.24) is 9.97 Å². The van der Waals surface area contributed by atoms with E-state index >= 15 is 0 Å². The second kappa shape index (κ2) is 6.31. The molecule has 0 amide bonds. The number of hydrogen-bond acceptors (Lipinski definition) is 4. The van der Waals surface area contributed by atoms with E-state index in [9.17, 15) is 4.39 Å². The Morgan fingerprint density at radius 2 is 1.60 bits per heavy atom. The average molecular weight is 336 g/mol.